The largest absolute Gasteiger partial charge is 0.348 e. The zero-order valence-electron chi connectivity index (χ0n) is 16.6. The minimum atomic E-state index is -3.57. The number of carbonyl (C=O) groups is 1. The van der Waals surface area contributed by atoms with E-state index in [0.29, 0.717) is 5.69 Å². The molecule has 27 heavy (non-hydrogen) atoms. The van der Waals surface area contributed by atoms with Gasteiger partial charge in [-0.25, -0.2) is 8.42 Å². The van der Waals surface area contributed by atoms with Crippen LogP contribution in [0.15, 0.2) is 42.5 Å². The van der Waals surface area contributed by atoms with Gasteiger partial charge in [0.15, 0.2) is 0 Å². The summed E-state index contributed by atoms with van der Waals surface area (Å²) in [6.07, 6.45) is 1.98. The summed E-state index contributed by atoms with van der Waals surface area (Å²) in [5.74, 6) is -0.342. The number of benzene rings is 2. The molecule has 2 aromatic carbocycles. The first-order valence-electron chi connectivity index (χ1n) is 9.05. The summed E-state index contributed by atoms with van der Waals surface area (Å²) < 4.78 is 25.5. The van der Waals surface area contributed by atoms with Crippen molar-refractivity contribution in [3.8, 4) is 0 Å². The van der Waals surface area contributed by atoms with Gasteiger partial charge in [0.2, 0.25) is 15.9 Å². The summed E-state index contributed by atoms with van der Waals surface area (Å²) in [7, 11) is -3.57. The van der Waals surface area contributed by atoms with Crippen LogP contribution in [0.25, 0.3) is 0 Å². The van der Waals surface area contributed by atoms with Gasteiger partial charge in [-0.2, -0.15) is 0 Å². The monoisotopic (exact) mass is 388 g/mol. The molecule has 0 aliphatic carbocycles. The third-order valence-electron chi connectivity index (χ3n) is 4.73. The second-order valence-electron chi connectivity index (χ2n) is 6.92. The van der Waals surface area contributed by atoms with Gasteiger partial charge in [0, 0.05) is 0 Å². The maximum absolute atomic E-state index is 12.5. The van der Waals surface area contributed by atoms with Gasteiger partial charge in [0.25, 0.3) is 0 Å². The molecule has 0 unspecified atom stereocenters. The van der Waals surface area contributed by atoms with Crippen molar-refractivity contribution in [1.82, 2.24) is 5.32 Å². The van der Waals surface area contributed by atoms with Crippen molar-refractivity contribution in [2.75, 3.05) is 17.1 Å². The normalized spacial score (nSPS) is 12.5. The second kappa shape index (κ2) is 8.57. The maximum Gasteiger partial charge on any atom is 0.241 e. The van der Waals surface area contributed by atoms with Crippen LogP contribution in [0.3, 0.4) is 0 Å². The molecule has 6 heteroatoms. The highest BCUT2D eigenvalue weighted by Gasteiger charge is 2.22. The van der Waals surface area contributed by atoms with Crippen LogP contribution in [0.4, 0.5) is 5.69 Å². The fraction of sp³-hybridized carbons (Fsp3) is 0.381. The topological polar surface area (TPSA) is 66.5 Å². The molecule has 0 saturated heterocycles. The quantitative estimate of drug-likeness (QED) is 0.789. The highest BCUT2D eigenvalue weighted by atomic mass is 32.2. The Hall–Kier alpha value is -2.34. The Morgan fingerprint density at radius 1 is 1.07 bits per heavy atom. The molecule has 146 valence electrons. The van der Waals surface area contributed by atoms with Gasteiger partial charge in [0.1, 0.15) is 6.54 Å². The van der Waals surface area contributed by atoms with E-state index in [-0.39, 0.29) is 18.5 Å². The molecule has 5 nitrogen and oxygen atoms in total. The first-order chi connectivity index (χ1) is 12.6. The Morgan fingerprint density at radius 2 is 1.70 bits per heavy atom. The molecule has 0 aliphatic rings. The Morgan fingerprint density at radius 3 is 2.22 bits per heavy atom. The van der Waals surface area contributed by atoms with Crippen molar-refractivity contribution in [2.24, 2.45) is 0 Å². The Labute approximate surface area is 162 Å². The minimum Gasteiger partial charge on any atom is -0.348 e. The van der Waals surface area contributed by atoms with Crippen LogP contribution in [-0.4, -0.2) is 27.1 Å². The van der Waals surface area contributed by atoms with Crippen molar-refractivity contribution in [1.29, 1.82) is 0 Å². The number of sulfonamides is 1. The third-order valence-corrected chi connectivity index (χ3v) is 5.87. The summed E-state index contributed by atoms with van der Waals surface area (Å²) >= 11 is 0. The van der Waals surface area contributed by atoms with Gasteiger partial charge in [-0.15, -0.1) is 0 Å². The number of hydrogen-bond acceptors (Lipinski definition) is 3. The molecule has 0 spiro atoms. The van der Waals surface area contributed by atoms with Gasteiger partial charge >= 0.3 is 0 Å². The fourth-order valence-electron chi connectivity index (χ4n) is 2.83. The zero-order chi connectivity index (χ0) is 20.2. The molecular formula is C21H28N2O3S. The lowest BCUT2D eigenvalue weighted by atomic mass is 10.0. The summed E-state index contributed by atoms with van der Waals surface area (Å²) in [6.45, 7) is 7.74. The molecule has 0 bridgehead atoms. The van der Waals surface area contributed by atoms with E-state index in [1.807, 2.05) is 58.0 Å². The number of aryl methyl sites for hydroxylation is 3. The summed E-state index contributed by atoms with van der Waals surface area (Å²) in [6, 6.07) is 13.1. The lowest BCUT2D eigenvalue weighted by Gasteiger charge is -2.23. The van der Waals surface area contributed by atoms with Crippen molar-refractivity contribution in [2.45, 2.75) is 40.2 Å². The van der Waals surface area contributed by atoms with E-state index in [1.165, 1.54) is 5.56 Å². The number of nitrogens with zero attached hydrogens (tertiary/aromatic N) is 1. The van der Waals surface area contributed by atoms with Crippen LogP contribution in [0.1, 0.15) is 42.1 Å². The standard InChI is InChI=1S/C21H28N2O3S/c1-6-18-8-11-20(12-9-18)23(27(5,25)26)14-21(24)22-17(4)19-10-7-15(2)16(3)13-19/h7-13,17H,6,14H2,1-5H3,(H,22,24)/t17-/m0/s1. The van der Waals surface area contributed by atoms with Gasteiger partial charge in [0.05, 0.1) is 18.0 Å². The number of amides is 1. The predicted molar refractivity (Wildman–Crippen MR) is 110 cm³/mol. The number of anilines is 1. The Balaban J connectivity index is 2.14. The molecule has 1 amide bonds. The van der Waals surface area contributed by atoms with Crippen LogP contribution in [0, 0.1) is 13.8 Å². The average Bonchev–Trinajstić information content (AvgIpc) is 2.61. The summed E-state index contributed by atoms with van der Waals surface area (Å²) in [4.78, 5) is 12.5. The predicted octanol–water partition coefficient (Wildman–Crippen LogP) is 3.51. The van der Waals surface area contributed by atoms with Crippen molar-refractivity contribution >= 4 is 21.6 Å². The zero-order valence-corrected chi connectivity index (χ0v) is 17.4. The molecule has 0 aromatic heterocycles. The third kappa shape index (κ3) is 5.57. The van der Waals surface area contributed by atoms with Gasteiger partial charge in [-0.1, -0.05) is 37.3 Å². The molecule has 1 atom stereocenters. The van der Waals surface area contributed by atoms with Crippen LogP contribution >= 0.6 is 0 Å². The van der Waals surface area contributed by atoms with Crippen LogP contribution < -0.4 is 9.62 Å². The van der Waals surface area contributed by atoms with Crippen LogP contribution in [0.2, 0.25) is 0 Å². The SMILES string of the molecule is CCc1ccc(N(CC(=O)N[C@@H](C)c2ccc(C)c(C)c2)S(C)(=O)=O)cc1. The molecule has 0 heterocycles. The van der Waals surface area contributed by atoms with E-state index in [1.54, 1.807) is 12.1 Å². The molecule has 0 radical (unpaired) electrons. The number of nitrogens with one attached hydrogen (secondary N) is 1. The molecule has 0 fully saturated rings. The molecule has 1 N–H and O–H groups in total. The fourth-order valence-corrected chi connectivity index (χ4v) is 3.69. The summed E-state index contributed by atoms with van der Waals surface area (Å²) in [5.41, 5.74) is 4.94. The summed E-state index contributed by atoms with van der Waals surface area (Å²) in [5, 5.41) is 2.89. The van der Waals surface area contributed by atoms with E-state index in [0.717, 1.165) is 33.7 Å². The smallest absolute Gasteiger partial charge is 0.241 e. The second-order valence-corrected chi connectivity index (χ2v) is 8.83. The Bertz CT molecular complexity index is 906. The van der Waals surface area contributed by atoms with E-state index < -0.39 is 10.0 Å². The van der Waals surface area contributed by atoms with E-state index >= 15 is 0 Å². The van der Waals surface area contributed by atoms with Crippen molar-refractivity contribution in [3.05, 3.63) is 64.7 Å². The highest BCUT2D eigenvalue weighted by Crippen LogP contribution is 2.20. The van der Waals surface area contributed by atoms with Gasteiger partial charge in [-0.05, 0) is 61.6 Å². The molecule has 2 aromatic rings. The van der Waals surface area contributed by atoms with Crippen molar-refractivity contribution in [3.63, 3.8) is 0 Å². The van der Waals surface area contributed by atoms with Gasteiger partial charge < -0.3 is 5.32 Å². The first-order valence-corrected chi connectivity index (χ1v) is 10.9. The molecule has 0 saturated carbocycles. The average molecular weight is 389 g/mol. The van der Waals surface area contributed by atoms with E-state index in [4.69, 9.17) is 0 Å². The Kier molecular flexibility index (Phi) is 6.65. The molecule has 2 rings (SSSR count). The molecular weight excluding hydrogens is 360 g/mol. The van der Waals surface area contributed by atoms with Crippen molar-refractivity contribution < 1.29 is 13.2 Å². The lowest BCUT2D eigenvalue weighted by Crippen LogP contribution is -2.41. The number of hydrogen-bond donors (Lipinski definition) is 1. The molecule has 0 aliphatic heterocycles. The van der Waals surface area contributed by atoms with Crippen LogP contribution in [0.5, 0.6) is 0 Å². The highest BCUT2D eigenvalue weighted by molar-refractivity contribution is 7.92. The maximum atomic E-state index is 12.5. The minimum absolute atomic E-state index is 0.208. The number of carbonyl (C=O) groups excluding carboxylic acids is 1. The van der Waals surface area contributed by atoms with E-state index in [9.17, 15) is 13.2 Å². The number of rotatable bonds is 7. The van der Waals surface area contributed by atoms with Gasteiger partial charge in [-0.3, -0.25) is 9.10 Å². The first kappa shape index (κ1) is 21.0. The lowest BCUT2D eigenvalue weighted by molar-refractivity contribution is -0.120. The van der Waals surface area contributed by atoms with Crippen LogP contribution in [-0.2, 0) is 21.2 Å². The van der Waals surface area contributed by atoms with E-state index in [2.05, 4.69) is 5.32 Å².